The van der Waals surface area contributed by atoms with Gasteiger partial charge in [-0.2, -0.15) is 0 Å². The summed E-state index contributed by atoms with van der Waals surface area (Å²) in [7, 11) is 0. The van der Waals surface area contributed by atoms with Crippen molar-refractivity contribution in [1.29, 1.82) is 0 Å². The second-order valence-electron chi connectivity index (χ2n) is 5.03. The van der Waals surface area contributed by atoms with Gasteiger partial charge in [0.1, 0.15) is 0 Å². The molecule has 0 aromatic carbocycles. The van der Waals surface area contributed by atoms with Crippen LogP contribution in [0.15, 0.2) is 42.0 Å². The molecule has 1 unspecified atom stereocenters. The van der Waals surface area contributed by atoms with E-state index in [2.05, 4.69) is 10.3 Å². The molecule has 0 saturated heterocycles. The number of nitrogens with zero attached hydrogens (tertiary/aromatic N) is 2. The zero-order valence-electron chi connectivity index (χ0n) is 12.6. The zero-order chi connectivity index (χ0) is 15.8. The van der Waals surface area contributed by atoms with E-state index in [-0.39, 0.29) is 18.6 Å². The largest absolute Gasteiger partial charge is 0.395 e. The van der Waals surface area contributed by atoms with Crippen LogP contribution in [-0.2, 0) is 17.9 Å². The number of hydrogen-bond acceptors (Lipinski definition) is 5. The number of aliphatic hydroxyl groups is 1. The van der Waals surface area contributed by atoms with Gasteiger partial charge in [-0.1, -0.05) is 12.1 Å². The second-order valence-corrected chi connectivity index (χ2v) is 6.06. The van der Waals surface area contributed by atoms with Gasteiger partial charge in [0.2, 0.25) is 5.91 Å². The minimum Gasteiger partial charge on any atom is -0.395 e. The zero-order valence-corrected chi connectivity index (χ0v) is 13.4. The van der Waals surface area contributed by atoms with Crippen molar-refractivity contribution in [2.45, 2.75) is 26.1 Å². The molecule has 22 heavy (non-hydrogen) atoms. The van der Waals surface area contributed by atoms with E-state index in [1.807, 2.05) is 41.5 Å². The van der Waals surface area contributed by atoms with Gasteiger partial charge in [0.05, 0.1) is 19.2 Å². The van der Waals surface area contributed by atoms with E-state index in [0.717, 1.165) is 10.4 Å². The van der Waals surface area contributed by atoms with Gasteiger partial charge in [0.25, 0.3) is 0 Å². The van der Waals surface area contributed by atoms with Crippen LogP contribution in [0.3, 0.4) is 0 Å². The molecule has 0 bridgehead atoms. The van der Waals surface area contributed by atoms with Crippen LogP contribution in [0.5, 0.6) is 0 Å². The lowest BCUT2D eigenvalue weighted by Gasteiger charge is -2.27. The number of amides is 1. The van der Waals surface area contributed by atoms with Crippen molar-refractivity contribution in [3.63, 3.8) is 0 Å². The number of aliphatic hydroxyl groups excluding tert-OH is 1. The van der Waals surface area contributed by atoms with Crippen LogP contribution in [0.1, 0.15) is 17.4 Å². The molecule has 0 aliphatic carbocycles. The van der Waals surface area contributed by atoms with E-state index in [9.17, 15) is 9.90 Å². The van der Waals surface area contributed by atoms with E-state index in [1.165, 1.54) is 0 Å². The number of carbonyl (C=O) groups is 1. The molecule has 2 N–H and O–H groups in total. The monoisotopic (exact) mass is 319 g/mol. The maximum absolute atomic E-state index is 12.3. The summed E-state index contributed by atoms with van der Waals surface area (Å²) in [6.07, 6.45) is 3.50. The predicted octanol–water partition coefficient (Wildman–Crippen LogP) is 1.64. The Balaban J connectivity index is 1.92. The Kier molecular flexibility index (Phi) is 6.51. The number of aromatic nitrogens is 1. The van der Waals surface area contributed by atoms with Crippen LogP contribution < -0.4 is 5.32 Å². The summed E-state index contributed by atoms with van der Waals surface area (Å²) < 4.78 is 0. The molecule has 2 aromatic heterocycles. The Hall–Kier alpha value is -1.76. The van der Waals surface area contributed by atoms with Crippen LogP contribution in [0.4, 0.5) is 0 Å². The molecule has 0 aliphatic rings. The fourth-order valence-corrected chi connectivity index (χ4v) is 2.81. The number of carbonyl (C=O) groups excluding carboxylic acids is 1. The van der Waals surface area contributed by atoms with E-state index in [1.54, 1.807) is 23.7 Å². The smallest absolute Gasteiger partial charge is 0.237 e. The van der Waals surface area contributed by atoms with Gasteiger partial charge in [0, 0.05) is 30.4 Å². The average molecular weight is 319 g/mol. The lowest BCUT2D eigenvalue weighted by atomic mass is 10.2. The van der Waals surface area contributed by atoms with Crippen LogP contribution in [0, 0.1) is 0 Å². The summed E-state index contributed by atoms with van der Waals surface area (Å²) in [5.74, 6) is -0.0364. The maximum Gasteiger partial charge on any atom is 0.237 e. The Morgan fingerprint density at radius 2 is 2.32 bits per heavy atom. The van der Waals surface area contributed by atoms with Crippen molar-refractivity contribution in [2.75, 3.05) is 13.2 Å². The molecule has 2 aromatic rings. The van der Waals surface area contributed by atoms with Gasteiger partial charge in [-0.05, 0) is 30.0 Å². The first-order valence-corrected chi connectivity index (χ1v) is 8.12. The standard InChI is InChI=1S/C16H21N3O2S/c1-13(16(21)18-11-15-5-3-9-22-15)19(7-8-20)12-14-4-2-6-17-10-14/h2-6,9-10,13,20H,7-8,11-12H2,1H3,(H,18,21). The van der Waals surface area contributed by atoms with Gasteiger partial charge in [-0.3, -0.25) is 14.7 Å². The Morgan fingerprint density at radius 3 is 2.95 bits per heavy atom. The first-order chi connectivity index (χ1) is 10.7. The molecule has 0 saturated carbocycles. The second kappa shape index (κ2) is 8.63. The van der Waals surface area contributed by atoms with Gasteiger partial charge >= 0.3 is 0 Å². The van der Waals surface area contributed by atoms with Crippen LogP contribution in [-0.4, -0.2) is 40.1 Å². The first kappa shape index (κ1) is 16.6. The van der Waals surface area contributed by atoms with Crippen LogP contribution in [0.25, 0.3) is 0 Å². The number of thiophene rings is 1. The van der Waals surface area contributed by atoms with Crippen molar-refractivity contribution in [3.05, 3.63) is 52.5 Å². The molecule has 0 fully saturated rings. The molecule has 2 heterocycles. The third kappa shape index (κ3) is 4.91. The third-order valence-electron chi connectivity index (χ3n) is 3.44. The molecule has 2 rings (SSSR count). The minimum atomic E-state index is -0.313. The molecule has 0 spiro atoms. The summed E-state index contributed by atoms with van der Waals surface area (Å²) in [6.45, 7) is 3.45. The van der Waals surface area contributed by atoms with Gasteiger partial charge in [-0.25, -0.2) is 0 Å². The highest BCUT2D eigenvalue weighted by atomic mass is 32.1. The fourth-order valence-electron chi connectivity index (χ4n) is 2.17. The lowest BCUT2D eigenvalue weighted by Crippen LogP contribution is -2.45. The van der Waals surface area contributed by atoms with Crippen LogP contribution in [0.2, 0.25) is 0 Å². The molecule has 1 amide bonds. The summed E-state index contributed by atoms with van der Waals surface area (Å²) in [5.41, 5.74) is 1.02. The molecule has 0 aliphatic heterocycles. The minimum absolute atomic E-state index is 0.0167. The summed E-state index contributed by atoms with van der Waals surface area (Å²) in [5, 5.41) is 14.2. The molecule has 0 radical (unpaired) electrons. The predicted molar refractivity (Wildman–Crippen MR) is 87.4 cm³/mol. The third-order valence-corrected chi connectivity index (χ3v) is 4.32. The number of pyridine rings is 1. The lowest BCUT2D eigenvalue weighted by molar-refractivity contribution is -0.126. The SMILES string of the molecule is CC(C(=O)NCc1cccs1)N(CCO)Cc1cccnc1. The van der Waals surface area contributed by atoms with Gasteiger partial charge in [0.15, 0.2) is 0 Å². The normalized spacial score (nSPS) is 12.3. The number of rotatable bonds is 8. The Labute approximate surface area is 134 Å². The van der Waals surface area contributed by atoms with E-state index in [4.69, 9.17) is 0 Å². The quantitative estimate of drug-likeness (QED) is 0.776. The molecular weight excluding hydrogens is 298 g/mol. The van der Waals surface area contributed by atoms with E-state index in [0.29, 0.717) is 19.6 Å². The molecule has 6 heteroatoms. The van der Waals surface area contributed by atoms with Crippen molar-refractivity contribution < 1.29 is 9.90 Å². The van der Waals surface area contributed by atoms with Crippen LogP contribution >= 0.6 is 11.3 Å². The Bertz CT molecular complexity index is 560. The first-order valence-electron chi connectivity index (χ1n) is 7.24. The summed E-state index contributed by atoms with van der Waals surface area (Å²) in [6, 6.07) is 7.49. The summed E-state index contributed by atoms with van der Waals surface area (Å²) >= 11 is 1.62. The maximum atomic E-state index is 12.3. The van der Waals surface area contributed by atoms with Gasteiger partial charge < -0.3 is 10.4 Å². The molecular formula is C16H21N3O2S. The topological polar surface area (TPSA) is 65.5 Å². The molecule has 5 nitrogen and oxygen atoms in total. The fraction of sp³-hybridized carbons (Fsp3) is 0.375. The average Bonchev–Trinajstić information content (AvgIpc) is 3.06. The van der Waals surface area contributed by atoms with Gasteiger partial charge in [-0.15, -0.1) is 11.3 Å². The molecule has 118 valence electrons. The van der Waals surface area contributed by atoms with E-state index < -0.39 is 0 Å². The van der Waals surface area contributed by atoms with Crippen molar-refractivity contribution >= 4 is 17.2 Å². The highest BCUT2D eigenvalue weighted by Gasteiger charge is 2.21. The summed E-state index contributed by atoms with van der Waals surface area (Å²) in [4.78, 5) is 19.5. The van der Waals surface area contributed by atoms with Crippen molar-refractivity contribution in [1.82, 2.24) is 15.2 Å². The number of nitrogens with one attached hydrogen (secondary N) is 1. The van der Waals surface area contributed by atoms with E-state index >= 15 is 0 Å². The number of hydrogen-bond donors (Lipinski definition) is 2. The highest BCUT2D eigenvalue weighted by Crippen LogP contribution is 2.10. The highest BCUT2D eigenvalue weighted by molar-refractivity contribution is 7.09. The van der Waals surface area contributed by atoms with Crippen molar-refractivity contribution in [3.8, 4) is 0 Å². The van der Waals surface area contributed by atoms with Crippen molar-refractivity contribution in [2.24, 2.45) is 0 Å². The Morgan fingerprint density at radius 1 is 1.45 bits per heavy atom. The molecule has 1 atom stereocenters.